The van der Waals surface area contributed by atoms with E-state index in [0.29, 0.717) is 29.9 Å². The highest BCUT2D eigenvalue weighted by Gasteiger charge is 2.20. The Bertz CT molecular complexity index is 1390. The molecule has 1 aromatic heterocycles. The van der Waals surface area contributed by atoms with Crippen LogP contribution in [-0.4, -0.2) is 25.0 Å². The van der Waals surface area contributed by atoms with E-state index in [1.165, 1.54) is 18.2 Å². The van der Waals surface area contributed by atoms with Gasteiger partial charge in [0, 0.05) is 17.7 Å². The molecule has 4 rings (SSSR count). The third-order valence-corrected chi connectivity index (χ3v) is 5.38. The maximum absolute atomic E-state index is 13.0. The molecule has 0 spiro atoms. The van der Waals surface area contributed by atoms with E-state index in [1.54, 1.807) is 31.2 Å². The van der Waals surface area contributed by atoms with Gasteiger partial charge in [0.05, 0.1) is 5.39 Å². The van der Waals surface area contributed by atoms with E-state index in [9.17, 15) is 18.8 Å². The molecule has 172 valence electrons. The number of fused-ring (bicyclic) bond motifs is 1. The molecule has 7 heteroatoms. The number of nitrogens with one attached hydrogen (secondary N) is 1. The second kappa shape index (κ2) is 10.1. The molecule has 0 aliphatic rings. The molecule has 1 heterocycles. The van der Waals surface area contributed by atoms with Crippen molar-refractivity contribution in [3.05, 3.63) is 106 Å². The zero-order valence-electron chi connectivity index (χ0n) is 18.5. The Morgan fingerprint density at radius 1 is 0.971 bits per heavy atom. The van der Waals surface area contributed by atoms with E-state index >= 15 is 0 Å². The maximum atomic E-state index is 13.0. The molecule has 6 nitrogen and oxygen atoms in total. The third-order valence-electron chi connectivity index (χ3n) is 5.38. The molecule has 0 fully saturated rings. The molecule has 1 amide bonds. The van der Waals surface area contributed by atoms with Crippen LogP contribution in [0.5, 0.6) is 0 Å². The molecular weight excluding hydrogens is 437 g/mol. The molecule has 1 N–H and O–H groups in total. The number of amides is 1. The van der Waals surface area contributed by atoms with Crippen molar-refractivity contribution in [2.75, 3.05) is 13.2 Å². The summed E-state index contributed by atoms with van der Waals surface area (Å²) < 4.78 is 24.1. The summed E-state index contributed by atoms with van der Waals surface area (Å²) in [7, 11) is 0. The molecule has 0 radical (unpaired) electrons. The average Bonchev–Trinajstić information content (AvgIpc) is 2.86. The number of para-hydroxylation sites is 1. The molecule has 0 saturated carbocycles. The fraction of sp³-hybridized carbons (Fsp3) is 0.148. The van der Waals surface area contributed by atoms with E-state index in [2.05, 4.69) is 5.32 Å². The first-order valence-corrected chi connectivity index (χ1v) is 10.7. The van der Waals surface area contributed by atoms with Crippen LogP contribution < -0.4 is 10.7 Å². The van der Waals surface area contributed by atoms with E-state index in [0.717, 1.165) is 5.56 Å². The molecule has 3 aromatic carbocycles. The summed E-state index contributed by atoms with van der Waals surface area (Å²) in [5.41, 5.74) is 1.94. The number of halogens is 1. The smallest absolute Gasteiger partial charge is 0.342 e. The van der Waals surface area contributed by atoms with Gasteiger partial charge in [-0.1, -0.05) is 48.5 Å². The lowest BCUT2D eigenvalue weighted by atomic mass is 10.0. The van der Waals surface area contributed by atoms with Gasteiger partial charge in [-0.2, -0.15) is 0 Å². The van der Waals surface area contributed by atoms with Crippen LogP contribution >= 0.6 is 0 Å². The van der Waals surface area contributed by atoms with Gasteiger partial charge in [0.1, 0.15) is 17.1 Å². The van der Waals surface area contributed by atoms with Crippen LogP contribution in [0, 0.1) is 12.7 Å². The number of carbonyl (C=O) groups is 2. The SMILES string of the molecule is Cc1c(-c2ccccc2)oc2c(C(=O)OCC(=O)NCCc3ccc(F)cc3)cccc2c1=O. The highest BCUT2D eigenvalue weighted by Crippen LogP contribution is 2.27. The number of esters is 1. The van der Waals surface area contributed by atoms with Gasteiger partial charge in [-0.3, -0.25) is 9.59 Å². The molecule has 4 aromatic rings. The Hall–Kier alpha value is -4.26. The first kappa shape index (κ1) is 22.9. The molecule has 0 aliphatic heterocycles. The lowest BCUT2D eigenvalue weighted by Gasteiger charge is -2.11. The molecule has 0 unspecified atom stereocenters. The minimum Gasteiger partial charge on any atom is -0.455 e. The van der Waals surface area contributed by atoms with Crippen molar-refractivity contribution in [3.8, 4) is 11.3 Å². The fourth-order valence-electron chi connectivity index (χ4n) is 3.59. The Morgan fingerprint density at radius 2 is 1.71 bits per heavy atom. The number of benzene rings is 3. The van der Waals surface area contributed by atoms with Crippen LogP contribution in [0.4, 0.5) is 4.39 Å². The van der Waals surface area contributed by atoms with E-state index in [1.807, 2.05) is 30.3 Å². The van der Waals surface area contributed by atoms with Gasteiger partial charge < -0.3 is 14.5 Å². The molecule has 0 saturated heterocycles. The van der Waals surface area contributed by atoms with Gasteiger partial charge >= 0.3 is 5.97 Å². The van der Waals surface area contributed by atoms with E-state index in [-0.39, 0.29) is 27.8 Å². The Morgan fingerprint density at radius 3 is 2.44 bits per heavy atom. The van der Waals surface area contributed by atoms with Gasteiger partial charge in [-0.15, -0.1) is 0 Å². The van der Waals surface area contributed by atoms with Crippen LogP contribution in [0.25, 0.3) is 22.3 Å². The Kier molecular flexibility index (Phi) is 6.82. The van der Waals surface area contributed by atoms with Crippen molar-refractivity contribution >= 4 is 22.8 Å². The highest BCUT2D eigenvalue weighted by atomic mass is 19.1. The quantitative estimate of drug-likeness (QED) is 0.414. The highest BCUT2D eigenvalue weighted by molar-refractivity contribution is 6.02. The van der Waals surface area contributed by atoms with Crippen LogP contribution in [-0.2, 0) is 16.0 Å². The molecule has 34 heavy (non-hydrogen) atoms. The van der Waals surface area contributed by atoms with Gasteiger partial charge in [0.25, 0.3) is 5.91 Å². The standard InChI is InChI=1S/C27H22FNO5/c1-17-24(31)21-8-5-9-22(26(21)34-25(17)19-6-3-2-4-7-19)27(32)33-16-23(30)29-15-14-18-10-12-20(28)13-11-18/h2-13H,14-16H2,1H3,(H,29,30). The van der Waals surface area contributed by atoms with Gasteiger partial charge in [0.2, 0.25) is 0 Å². The van der Waals surface area contributed by atoms with Crippen LogP contribution in [0.15, 0.2) is 82.0 Å². The fourth-order valence-corrected chi connectivity index (χ4v) is 3.59. The van der Waals surface area contributed by atoms with Crippen LogP contribution in [0.3, 0.4) is 0 Å². The van der Waals surface area contributed by atoms with E-state index < -0.39 is 18.5 Å². The minimum atomic E-state index is -0.773. The second-order valence-electron chi connectivity index (χ2n) is 7.74. The number of rotatable bonds is 7. The number of carbonyl (C=O) groups excluding carboxylic acids is 2. The second-order valence-corrected chi connectivity index (χ2v) is 7.74. The Labute approximate surface area is 195 Å². The number of hydrogen-bond acceptors (Lipinski definition) is 5. The predicted octanol–water partition coefficient (Wildman–Crippen LogP) is 4.42. The number of hydrogen-bond donors (Lipinski definition) is 1. The molecule has 0 bridgehead atoms. The zero-order valence-corrected chi connectivity index (χ0v) is 18.5. The average molecular weight is 459 g/mol. The summed E-state index contributed by atoms with van der Waals surface area (Å²) >= 11 is 0. The topological polar surface area (TPSA) is 85.6 Å². The summed E-state index contributed by atoms with van der Waals surface area (Å²) in [6.07, 6.45) is 0.510. The van der Waals surface area contributed by atoms with Crippen molar-refractivity contribution in [1.29, 1.82) is 0 Å². The molecular formula is C27H22FNO5. The summed E-state index contributed by atoms with van der Waals surface area (Å²) in [4.78, 5) is 37.8. The lowest BCUT2D eigenvalue weighted by Crippen LogP contribution is -2.30. The lowest BCUT2D eigenvalue weighted by molar-refractivity contribution is -0.124. The predicted molar refractivity (Wildman–Crippen MR) is 126 cm³/mol. The maximum Gasteiger partial charge on any atom is 0.342 e. The molecule has 0 aliphatic carbocycles. The monoisotopic (exact) mass is 459 g/mol. The van der Waals surface area contributed by atoms with Crippen molar-refractivity contribution in [2.45, 2.75) is 13.3 Å². The summed E-state index contributed by atoms with van der Waals surface area (Å²) in [6, 6.07) is 19.8. The summed E-state index contributed by atoms with van der Waals surface area (Å²) in [5.74, 6) is -1.20. The van der Waals surface area contributed by atoms with Crippen molar-refractivity contribution in [3.63, 3.8) is 0 Å². The van der Waals surface area contributed by atoms with E-state index in [4.69, 9.17) is 9.15 Å². The van der Waals surface area contributed by atoms with Gasteiger partial charge in [0.15, 0.2) is 17.6 Å². The van der Waals surface area contributed by atoms with Crippen molar-refractivity contribution in [2.24, 2.45) is 0 Å². The van der Waals surface area contributed by atoms with Crippen molar-refractivity contribution < 1.29 is 23.1 Å². The van der Waals surface area contributed by atoms with Crippen molar-refractivity contribution in [1.82, 2.24) is 5.32 Å². The number of ether oxygens (including phenoxy) is 1. The minimum absolute atomic E-state index is 0.0610. The third kappa shape index (κ3) is 5.04. The van der Waals surface area contributed by atoms with Gasteiger partial charge in [-0.25, -0.2) is 9.18 Å². The largest absolute Gasteiger partial charge is 0.455 e. The Balaban J connectivity index is 1.47. The normalized spacial score (nSPS) is 10.8. The van der Waals surface area contributed by atoms with Crippen LogP contribution in [0.1, 0.15) is 21.5 Å². The first-order valence-electron chi connectivity index (χ1n) is 10.7. The zero-order chi connectivity index (χ0) is 24.1. The summed E-state index contributed by atoms with van der Waals surface area (Å²) in [5, 5.41) is 2.91. The molecule has 0 atom stereocenters. The first-order chi connectivity index (χ1) is 16.4. The van der Waals surface area contributed by atoms with Gasteiger partial charge in [-0.05, 0) is 43.2 Å². The summed E-state index contributed by atoms with van der Waals surface area (Å²) in [6.45, 7) is 1.50. The van der Waals surface area contributed by atoms with Crippen LogP contribution in [0.2, 0.25) is 0 Å².